The van der Waals surface area contributed by atoms with E-state index in [1.54, 1.807) is 13.1 Å². The summed E-state index contributed by atoms with van der Waals surface area (Å²) in [5, 5.41) is 10.5. The molecule has 1 N–H and O–H groups in total. The van der Waals surface area contributed by atoms with E-state index in [0.29, 0.717) is 22.3 Å². The number of nitrogens with zero attached hydrogens (tertiary/aromatic N) is 3. The zero-order chi connectivity index (χ0) is 15.1. The highest BCUT2D eigenvalue weighted by Crippen LogP contribution is 2.26. The van der Waals surface area contributed by atoms with Crippen LogP contribution >= 0.6 is 22.7 Å². The number of fused-ring (bicyclic) bond motifs is 1. The lowest BCUT2D eigenvalue weighted by atomic mass is 10.2. The summed E-state index contributed by atoms with van der Waals surface area (Å²) >= 11 is 2.55. The van der Waals surface area contributed by atoms with Crippen LogP contribution in [0.15, 0.2) is 17.3 Å². The molecule has 0 amide bonds. The van der Waals surface area contributed by atoms with Crippen molar-refractivity contribution in [2.75, 3.05) is 0 Å². The Bertz CT molecular complexity index is 907. The molecule has 108 valence electrons. The van der Waals surface area contributed by atoms with Gasteiger partial charge in [0.1, 0.15) is 9.71 Å². The molecule has 6 nitrogen and oxygen atoms in total. The first-order valence-electron chi connectivity index (χ1n) is 6.10. The quantitative estimate of drug-likeness (QED) is 0.800. The maximum atomic E-state index is 12.5. The molecule has 0 aliphatic carbocycles. The first kappa shape index (κ1) is 13.9. The summed E-state index contributed by atoms with van der Waals surface area (Å²) in [6.07, 6.45) is 3.20. The number of aryl methyl sites for hydroxylation is 2. The Kier molecular flexibility index (Phi) is 3.34. The Hall–Kier alpha value is -2.06. The number of rotatable bonds is 3. The Balaban J connectivity index is 2.13. The van der Waals surface area contributed by atoms with Gasteiger partial charge in [0.15, 0.2) is 0 Å². The monoisotopic (exact) mass is 321 g/mol. The maximum absolute atomic E-state index is 12.5. The number of carboxylic acids is 1. The van der Waals surface area contributed by atoms with Crippen molar-refractivity contribution >= 4 is 38.9 Å². The van der Waals surface area contributed by atoms with Crippen LogP contribution in [0.4, 0.5) is 0 Å². The molecule has 0 atom stereocenters. The Labute approximate surface area is 127 Å². The minimum atomic E-state index is -1.03. The van der Waals surface area contributed by atoms with Gasteiger partial charge in [-0.3, -0.25) is 9.36 Å². The molecule has 0 unspecified atom stereocenters. The third-order valence-corrected chi connectivity index (χ3v) is 5.19. The van der Waals surface area contributed by atoms with Gasteiger partial charge < -0.3 is 5.11 Å². The van der Waals surface area contributed by atoms with Gasteiger partial charge in [-0.1, -0.05) is 0 Å². The third kappa shape index (κ3) is 2.36. The van der Waals surface area contributed by atoms with E-state index >= 15 is 0 Å². The molecule has 21 heavy (non-hydrogen) atoms. The smallest absolute Gasteiger partial charge is 0.346 e. The number of thiazole rings is 1. The number of hydrogen-bond donors (Lipinski definition) is 1. The number of hydrogen-bond acceptors (Lipinski definition) is 6. The third-order valence-electron chi connectivity index (χ3n) is 3.11. The van der Waals surface area contributed by atoms with Crippen molar-refractivity contribution in [1.82, 2.24) is 14.5 Å². The molecule has 0 aliphatic heterocycles. The standard InChI is InChI=1S/C13H11N3O3S2/c1-6-9-11(21-10(6)13(18)19)15-5-16(12(9)17)4-8-3-14-7(2)20-8/h3,5H,4H2,1-2H3,(H,18,19). The predicted octanol–water partition coefficient (Wildman–Crippen LogP) is 2.28. The molecule has 0 saturated carbocycles. The second-order valence-electron chi connectivity index (χ2n) is 4.56. The van der Waals surface area contributed by atoms with E-state index < -0.39 is 5.97 Å². The van der Waals surface area contributed by atoms with E-state index in [9.17, 15) is 9.59 Å². The largest absolute Gasteiger partial charge is 0.477 e. The van der Waals surface area contributed by atoms with Crippen LogP contribution in [0.5, 0.6) is 0 Å². The second-order valence-corrected chi connectivity index (χ2v) is 6.88. The van der Waals surface area contributed by atoms with Gasteiger partial charge in [0, 0.05) is 11.1 Å². The van der Waals surface area contributed by atoms with Crippen molar-refractivity contribution < 1.29 is 9.90 Å². The zero-order valence-electron chi connectivity index (χ0n) is 11.3. The van der Waals surface area contributed by atoms with Gasteiger partial charge in [-0.25, -0.2) is 14.8 Å². The lowest BCUT2D eigenvalue weighted by Gasteiger charge is -2.02. The van der Waals surface area contributed by atoms with Gasteiger partial charge in [0.2, 0.25) is 0 Å². The SMILES string of the molecule is Cc1ncc(Cn2cnc3sc(C(=O)O)c(C)c3c2=O)s1. The molecule has 3 rings (SSSR count). The fraction of sp³-hybridized carbons (Fsp3) is 0.231. The summed E-state index contributed by atoms with van der Waals surface area (Å²) in [6.45, 7) is 3.94. The van der Waals surface area contributed by atoms with E-state index in [-0.39, 0.29) is 10.4 Å². The maximum Gasteiger partial charge on any atom is 0.346 e. The van der Waals surface area contributed by atoms with Gasteiger partial charge in [0.25, 0.3) is 5.56 Å². The van der Waals surface area contributed by atoms with E-state index in [2.05, 4.69) is 9.97 Å². The normalized spacial score (nSPS) is 11.1. The molecular weight excluding hydrogens is 310 g/mol. The van der Waals surface area contributed by atoms with Gasteiger partial charge in [-0.05, 0) is 19.4 Å². The topological polar surface area (TPSA) is 85.1 Å². The van der Waals surface area contributed by atoms with Crippen LogP contribution in [0, 0.1) is 13.8 Å². The lowest BCUT2D eigenvalue weighted by molar-refractivity contribution is 0.0701. The summed E-state index contributed by atoms with van der Waals surface area (Å²) in [5.41, 5.74) is 0.266. The highest BCUT2D eigenvalue weighted by atomic mass is 32.1. The van der Waals surface area contributed by atoms with Gasteiger partial charge in [-0.2, -0.15) is 0 Å². The fourth-order valence-electron chi connectivity index (χ4n) is 2.12. The molecule has 3 heterocycles. The molecule has 0 saturated heterocycles. The highest BCUT2D eigenvalue weighted by molar-refractivity contribution is 7.20. The van der Waals surface area contributed by atoms with Crippen molar-refractivity contribution in [3.05, 3.63) is 43.2 Å². The minimum absolute atomic E-state index is 0.168. The van der Waals surface area contributed by atoms with Crippen LogP contribution < -0.4 is 5.56 Å². The summed E-state index contributed by atoms with van der Waals surface area (Å²) in [7, 11) is 0. The Morgan fingerprint density at radius 2 is 2.10 bits per heavy atom. The van der Waals surface area contributed by atoms with Crippen molar-refractivity contribution in [2.45, 2.75) is 20.4 Å². The lowest BCUT2D eigenvalue weighted by Crippen LogP contribution is -2.20. The van der Waals surface area contributed by atoms with Crippen LogP contribution in [0.3, 0.4) is 0 Å². The molecule has 3 aromatic rings. The van der Waals surface area contributed by atoms with Gasteiger partial charge >= 0.3 is 5.97 Å². The molecule has 0 spiro atoms. The summed E-state index contributed by atoms with van der Waals surface area (Å²) in [5.74, 6) is -1.03. The Morgan fingerprint density at radius 1 is 1.33 bits per heavy atom. The molecule has 0 radical (unpaired) electrons. The van der Waals surface area contributed by atoms with Crippen LogP contribution in [0.25, 0.3) is 10.2 Å². The van der Waals surface area contributed by atoms with Crippen LogP contribution in [0.1, 0.15) is 25.1 Å². The van der Waals surface area contributed by atoms with Crippen LogP contribution in [-0.4, -0.2) is 25.6 Å². The average molecular weight is 321 g/mol. The second kappa shape index (κ2) is 5.05. The van der Waals surface area contributed by atoms with E-state index in [4.69, 9.17) is 5.11 Å². The first-order valence-corrected chi connectivity index (χ1v) is 7.74. The van der Waals surface area contributed by atoms with Gasteiger partial charge in [0.05, 0.1) is 23.3 Å². The van der Waals surface area contributed by atoms with Crippen molar-refractivity contribution in [3.8, 4) is 0 Å². The van der Waals surface area contributed by atoms with Crippen molar-refractivity contribution in [2.24, 2.45) is 0 Å². The summed E-state index contributed by atoms with van der Waals surface area (Å²) < 4.78 is 1.49. The van der Waals surface area contributed by atoms with E-state index in [0.717, 1.165) is 21.2 Å². The van der Waals surface area contributed by atoms with Crippen LogP contribution in [0.2, 0.25) is 0 Å². The zero-order valence-corrected chi connectivity index (χ0v) is 12.9. The highest BCUT2D eigenvalue weighted by Gasteiger charge is 2.18. The van der Waals surface area contributed by atoms with Crippen LogP contribution in [-0.2, 0) is 6.54 Å². The molecule has 0 fully saturated rings. The van der Waals surface area contributed by atoms with E-state index in [1.807, 2.05) is 6.92 Å². The average Bonchev–Trinajstić information content (AvgIpc) is 2.97. The molecule has 0 aliphatic rings. The molecule has 8 heteroatoms. The number of thiophene rings is 1. The number of aromatic nitrogens is 3. The van der Waals surface area contributed by atoms with Crippen molar-refractivity contribution in [3.63, 3.8) is 0 Å². The molecule has 0 bridgehead atoms. The van der Waals surface area contributed by atoms with Crippen molar-refractivity contribution in [1.29, 1.82) is 0 Å². The molecule has 3 aromatic heterocycles. The number of carbonyl (C=O) groups is 1. The summed E-state index contributed by atoms with van der Waals surface area (Å²) in [6, 6.07) is 0. The number of carboxylic acid groups (broad SMARTS) is 1. The summed E-state index contributed by atoms with van der Waals surface area (Å²) in [4.78, 5) is 33.6. The first-order chi connectivity index (χ1) is 9.97. The molecular formula is C13H11N3O3S2. The fourth-order valence-corrected chi connectivity index (χ4v) is 3.89. The Morgan fingerprint density at radius 3 is 2.71 bits per heavy atom. The van der Waals surface area contributed by atoms with E-state index in [1.165, 1.54) is 22.2 Å². The van der Waals surface area contributed by atoms with Gasteiger partial charge in [-0.15, -0.1) is 22.7 Å². The molecule has 0 aromatic carbocycles. The minimum Gasteiger partial charge on any atom is -0.477 e. The predicted molar refractivity (Wildman–Crippen MR) is 81.5 cm³/mol. The number of aromatic carboxylic acids is 1.